The molecule has 0 aliphatic heterocycles. The first-order chi connectivity index (χ1) is 12.9. The van der Waals surface area contributed by atoms with Crippen molar-refractivity contribution in [2.24, 2.45) is 14.1 Å². The first-order valence-corrected chi connectivity index (χ1v) is 9.00. The van der Waals surface area contributed by atoms with E-state index in [-0.39, 0.29) is 17.3 Å². The molecule has 0 aliphatic carbocycles. The fraction of sp³-hybridized carbons (Fsp3) is 0.312. The maximum absolute atomic E-state index is 12.6. The fourth-order valence-electron chi connectivity index (χ4n) is 2.52. The Labute approximate surface area is 163 Å². The van der Waals surface area contributed by atoms with Gasteiger partial charge in [-0.3, -0.25) is 23.6 Å². The van der Waals surface area contributed by atoms with Crippen molar-refractivity contribution in [3.8, 4) is 0 Å². The highest BCUT2D eigenvalue weighted by molar-refractivity contribution is 9.10. The minimum absolute atomic E-state index is 0.238. The molecule has 3 aromatic rings. The molecule has 0 spiro atoms. The van der Waals surface area contributed by atoms with E-state index in [2.05, 4.69) is 41.9 Å². The molecule has 0 aromatic carbocycles. The van der Waals surface area contributed by atoms with E-state index in [1.807, 2.05) is 13.1 Å². The molecule has 11 heteroatoms. The number of nitrogens with one attached hydrogen (secondary N) is 2. The first kappa shape index (κ1) is 18.8. The van der Waals surface area contributed by atoms with E-state index in [9.17, 15) is 9.59 Å². The van der Waals surface area contributed by atoms with E-state index >= 15 is 0 Å². The van der Waals surface area contributed by atoms with Gasteiger partial charge in [0.05, 0.1) is 22.6 Å². The Kier molecular flexibility index (Phi) is 5.40. The van der Waals surface area contributed by atoms with Crippen LogP contribution < -0.4 is 10.6 Å². The number of nitrogens with zero attached hydrogens (tertiary/aromatic N) is 6. The third kappa shape index (κ3) is 4.08. The van der Waals surface area contributed by atoms with Crippen LogP contribution in [0.2, 0.25) is 0 Å². The number of anilines is 1. The van der Waals surface area contributed by atoms with Crippen molar-refractivity contribution >= 4 is 33.4 Å². The van der Waals surface area contributed by atoms with Crippen molar-refractivity contribution in [2.75, 3.05) is 5.32 Å². The minimum atomic E-state index is -0.427. The minimum Gasteiger partial charge on any atom is -0.346 e. The van der Waals surface area contributed by atoms with E-state index in [0.29, 0.717) is 23.2 Å². The fourth-order valence-corrected chi connectivity index (χ4v) is 3.02. The lowest BCUT2D eigenvalue weighted by molar-refractivity contribution is 0.0942. The van der Waals surface area contributed by atoms with Crippen molar-refractivity contribution in [1.82, 2.24) is 34.7 Å². The summed E-state index contributed by atoms with van der Waals surface area (Å²) in [4.78, 5) is 25.1. The molecule has 0 bridgehead atoms. The molecule has 10 nitrogen and oxygen atoms in total. The molecule has 0 saturated heterocycles. The SMILES string of the molecule is CCn1cc(Br)c(C(=O)Nc2cnn(C)c2C(=O)NCc2cnn(C)c2)n1. The molecule has 0 saturated carbocycles. The van der Waals surface area contributed by atoms with Gasteiger partial charge in [-0.05, 0) is 22.9 Å². The third-order valence-corrected chi connectivity index (χ3v) is 4.45. The molecule has 0 fully saturated rings. The summed E-state index contributed by atoms with van der Waals surface area (Å²) in [5.41, 5.74) is 1.66. The molecule has 3 rings (SSSR count). The maximum atomic E-state index is 12.6. The smallest absolute Gasteiger partial charge is 0.277 e. The van der Waals surface area contributed by atoms with Gasteiger partial charge in [0.2, 0.25) is 0 Å². The van der Waals surface area contributed by atoms with Gasteiger partial charge < -0.3 is 10.6 Å². The number of hydrogen-bond donors (Lipinski definition) is 2. The van der Waals surface area contributed by atoms with E-state index in [1.165, 1.54) is 10.9 Å². The van der Waals surface area contributed by atoms with Gasteiger partial charge in [0, 0.05) is 45.1 Å². The van der Waals surface area contributed by atoms with E-state index < -0.39 is 5.91 Å². The van der Waals surface area contributed by atoms with Gasteiger partial charge in [0.1, 0.15) is 5.69 Å². The second kappa shape index (κ2) is 7.74. The van der Waals surface area contributed by atoms with Crippen molar-refractivity contribution in [1.29, 1.82) is 0 Å². The molecule has 3 aromatic heterocycles. The topological polar surface area (TPSA) is 112 Å². The van der Waals surface area contributed by atoms with Crippen molar-refractivity contribution in [2.45, 2.75) is 20.0 Å². The van der Waals surface area contributed by atoms with Gasteiger partial charge in [-0.2, -0.15) is 15.3 Å². The van der Waals surface area contributed by atoms with Gasteiger partial charge in [-0.1, -0.05) is 0 Å². The van der Waals surface area contributed by atoms with Crippen LogP contribution in [0.25, 0.3) is 0 Å². The Hall–Kier alpha value is -2.95. The zero-order valence-corrected chi connectivity index (χ0v) is 16.7. The molecule has 2 N–H and O–H groups in total. The summed E-state index contributed by atoms with van der Waals surface area (Å²) in [6, 6.07) is 0. The summed E-state index contributed by atoms with van der Waals surface area (Å²) in [6.45, 7) is 2.88. The Morgan fingerprint density at radius 3 is 2.56 bits per heavy atom. The monoisotopic (exact) mass is 434 g/mol. The van der Waals surface area contributed by atoms with Crippen molar-refractivity contribution in [3.05, 3.63) is 46.2 Å². The van der Waals surface area contributed by atoms with Crippen LogP contribution in [0.3, 0.4) is 0 Å². The average Bonchev–Trinajstić information content (AvgIpc) is 3.32. The first-order valence-electron chi connectivity index (χ1n) is 8.21. The Bertz CT molecular complexity index is 987. The molecular weight excluding hydrogens is 416 g/mol. The number of halogens is 1. The number of amides is 2. The van der Waals surface area contributed by atoms with E-state index in [0.717, 1.165) is 5.56 Å². The van der Waals surface area contributed by atoms with Crippen LogP contribution in [0, 0.1) is 0 Å². The average molecular weight is 435 g/mol. The van der Waals surface area contributed by atoms with Gasteiger partial charge >= 0.3 is 0 Å². The molecule has 0 unspecified atom stereocenters. The van der Waals surface area contributed by atoms with Crippen molar-refractivity contribution in [3.63, 3.8) is 0 Å². The van der Waals surface area contributed by atoms with E-state index in [4.69, 9.17) is 0 Å². The highest BCUT2D eigenvalue weighted by atomic mass is 79.9. The predicted molar refractivity (Wildman–Crippen MR) is 101 cm³/mol. The predicted octanol–water partition coefficient (Wildman–Crippen LogP) is 1.31. The second-order valence-corrected chi connectivity index (χ2v) is 6.73. The van der Waals surface area contributed by atoms with Crippen LogP contribution in [0.5, 0.6) is 0 Å². The van der Waals surface area contributed by atoms with E-state index in [1.54, 1.807) is 35.9 Å². The molecule has 0 atom stereocenters. The zero-order valence-electron chi connectivity index (χ0n) is 15.1. The molecule has 27 heavy (non-hydrogen) atoms. The van der Waals surface area contributed by atoms with Gasteiger partial charge in [-0.15, -0.1) is 0 Å². The Balaban J connectivity index is 1.74. The lowest BCUT2D eigenvalue weighted by atomic mass is 10.3. The molecule has 0 aliphatic rings. The Morgan fingerprint density at radius 1 is 1.15 bits per heavy atom. The number of aryl methyl sites for hydroxylation is 3. The summed E-state index contributed by atoms with van der Waals surface area (Å²) in [5, 5.41) is 17.8. The number of hydrogen-bond acceptors (Lipinski definition) is 5. The number of carbonyl (C=O) groups excluding carboxylic acids is 2. The van der Waals surface area contributed by atoms with Crippen LogP contribution in [0.4, 0.5) is 5.69 Å². The van der Waals surface area contributed by atoms with Crippen LogP contribution in [-0.2, 0) is 27.2 Å². The summed E-state index contributed by atoms with van der Waals surface area (Å²) in [7, 11) is 3.44. The summed E-state index contributed by atoms with van der Waals surface area (Å²) in [6.07, 6.45) is 6.64. The number of rotatable bonds is 6. The summed E-state index contributed by atoms with van der Waals surface area (Å²) < 4.78 is 5.29. The van der Waals surface area contributed by atoms with Crippen molar-refractivity contribution < 1.29 is 9.59 Å². The molecule has 0 radical (unpaired) electrons. The van der Waals surface area contributed by atoms with Crippen LogP contribution in [0.15, 0.2) is 29.3 Å². The molecule has 2 amide bonds. The lowest BCUT2D eigenvalue weighted by Crippen LogP contribution is -2.26. The highest BCUT2D eigenvalue weighted by Crippen LogP contribution is 2.19. The lowest BCUT2D eigenvalue weighted by Gasteiger charge is -2.08. The second-order valence-electron chi connectivity index (χ2n) is 5.87. The molecule has 3 heterocycles. The van der Waals surface area contributed by atoms with Gasteiger partial charge in [-0.25, -0.2) is 0 Å². The quantitative estimate of drug-likeness (QED) is 0.607. The Morgan fingerprint density at radius 2 is 1.93 bits per heavy atom. The van der Waals surface area contributed by atoms with Crippen LogP contribution in [0.1, 0.15) is 33.5 Å². The van der Waals surface area contributed by atoms with Crippen LogP contribution in [-0.4, -0.2) is 41.2 Å². The standard InChI is InChI=1S/C16H19BrN8O2/c1-4-25-9-11(17)13(22-25)15(26)21-12-7-20-24(3)14(12)16(27)18-5-10-6-19-23(2)8-10/h6-9H,4-5H2,1-3H3,(H,18,27)(H,21,26). The zero-order chi connectivity index (χ0) is 19.6. The largest absolute Gasteiger partial charge is 0.346 e. The molecular formula is C16H19BrN8O2. The third-order valence-electron chi connectivity index (χ3n) is 3.87. The summed E-state index contributed by atoms with van der Waals surface area (Å²) >= 11 is 3.33. The molecule has 142 valence electrons. The summed E-state index contributed by atoms with van der Waals surface area (Å²) in [5.74, 6) is -0.782. The van der Waals surface area contributed by atoms with Gasteiger partial charge in [0.25, 0.3) is 11.8 Å². The van der Waals surface area contributed by atoms with Crippen LogP contribution >= 0.6 is 15.9 Å². The normalized spacial score (nSPS) is 10.8. The van der Waals surface area contributed by atoms with Gasteiger partial charge in [0.15, 0.2) is 5.69 Å². The highest BCUT2D eigenvalue weighted by Gasteiger charge is 2.21. The number of aromatic nitrogens is 6. The maximum Gasteiger partial charge on any atom is 0.277 e. The number of carbonyl (C=O) groups is 2.